The van der Waals surface area contributed by atoms with Crippen LogP contribution in [0.5, 0.6) is 5.75 Å². The van der Waals surface area contributed by atoms with Crippen molar-refractivity contribution in [2.75, 3.05) is 13.7 Å². The highest BCUT2D eigenvalue weighted by molar-refractivity contribution is 5.41. The smallest absolute Gasteiger partial charge is 0.123 e. The molecule has 0 spiro atoms. The number of benzene rings is 1. The van der Waals surface area contributed by atoms with Gasteiger partial charge in [-0.3, -0.25) is 4.90 Å². The van der Waals surface area contributed by atoms with E-state index in [1.54, 1.807) is 7.11 Å². The molecule has 0 radical (unpaired) electrons. The second-order valence-corrected chi connectivity index (χ2v) is 4.55. The highest BCUT2D eigenvalue weighted by atomic mass is 16.5. The van der Waals surface area contributed by atoms with E-state index in [4.69, 9.17) is 4.74 Å². The Kier molecular flexibility index (Phi) is 2.17. The zero-order valence-electron chi connectivity index (χ0n) is 9.20. The van der Waals surface area contributed by atoms with E-state index in [0.29, 0.717) is 0 Å². The Balaban J connectivity index is 1.91. The lowest BCUT2D eigenvalue weighted by molar-refractivity contribution is 0.238. The lowest BCUT2D eigenvalue weighted by atomic mass is 9.99. The molecule has 1 aliphatic carbocycles. The predicted molar refractivity (Wildman–Crippen MR) is 60.1 cm³/mol. The Morgan fingerprint density at radius 3 is 2.93 bits per heavy atom. The van der Waals surface area contributed by atoms with Gasteiger partial charge in [-0.15, -0.1) is 0 Å². The van der Waals surface area contributed by atoms with Gasteiger partial charge in [-0.25, -0.2) is 0 Å². The van der Waals surface area contributed by atoms with E-state index in [2.05, 4.69) is 23.1 Å². The molecule has 2 nitrogen and oxygen atoms in total. The summed E-state index contributed by atoms with van der Waals surface area (Å²) >= 11 is 0. The van der Waals surface area contributed by atoms with Crippen molar-refractivity contribution in [1.82, 2.24) is 4.90 Å². The van der Waals surface area contributed by atoms with Gasteiger partial charge in [0.15, 0.2) is 0 Å². The van der Waals surface area contributed by atoms with Crippen molar-refractivity contribution in [3.63, 3.8) is 0 Å². The van der Waals surface area contributed by atoms with Gasteiger partial charge in [0.05, 0.1) is 7.11 Å². The summed E-state index contributed by atoms with van der Waals surface area (Å²) in [5, 5.41) is 0. The molecule has 1 aromatic rings. The molecule has 1 saturated carbocycles. The number of rotatable bonds is 2. The normalized spacial score (nSPS) is 21.1. The number of methoxy groups -OCH3 is 1. The maximum atomic E-state index is 5.43. The van der Waals surface area contributed by atoms with Crippen LogP contribution in [0.25, 0.3) is 0 Å². The molecule has 80 valence electrons. The quantitative estimate of drug-likeness (QED) is 0.730. The van der Waals surface area contributed by atoms with Gasteiger partial charge in [0, 0.05) is 24.7 Å². The van der Waals surface area contributed by atoms with E-state index >= 15 is 0 Å². The maximum Gasteiger partial charge on any atom is 0.123 e. The van der Waals surface area contributed by atoms with Gasteiger partial charge in [-0.05, 0) is 30.9 Å². The number of nitrogens with zero attached hydrogens (tertiary/aromatic N) is 1. The molecule has 0 aromatic heterocycles. The summed E-state index contributed by atoms with van der Waals surface area (Å²) in [5.41, 5.74) is 2.89. The van der Waals surface area contributed by atoms with Gasteiger partial charge >= 0.3 is 0 Å². The van der Waals surface area contributed by atoms with Crippen LogP contribution >= 0.6 is 0 Å². The molecule has 1 aromatic carbocycles. The first-order valence-corrected chi connectivity index (χ1v) is 5.77. The number of ether oxygens (including phenoxy) is 1. The molecule has 0 saturated heterocycles. The van der Waals surface area contributed by atoms with Crippen molar-refractivity contribution < 1.29 is 4.74 Å². The summed E-state index contributed by atoms with van der Waals surface area (Å²) < 4.78 is 5.43. The first-order valence-electron chi connectivity index (χ1n) is 5.77. The molecule has 3 rings (SSSR count). The van der Waals surface area contributed by atoms with Crippen molar-refractivity contribution >= 4 is 0 Å². The number of fused-ring (bicyclic) bond motifs is 1. The molecular formula is C13H17NO. The Morgan fingerprint density at radius 2 is 2.20 bits per heavy atom. The fourth-order valence-corrected chi connectivity index (χ4v) is 2.51. The largest absolute Gasteiger partial charge is 0.496 e. The van der Waals surface area contributed by atoms with Gasteiger partial charge < -0.3 is 4.74 Å². The van der Waals surface area contributed by atoms with Gasteiger partial charge in [0.1, 0.15) is 5.75 Å². The molecule has 0 amide bonds. The van der Waals surface area contributed by atoms with Crippen molar-refractivity contribution in [3.8, 4) is 5.75 Å². The van der Waals surface area contributed by atoms with E-state index in [9.17, 15) is 0 Å². The summed E-state index contributed by atoms with van der Waals surface area (Å²) in [6.45, 7) is 2.31. The van der Waals surface area contributed by atoms with Gasteiger partial charge in [0.2, 0.25) is 0 Å². The SMILES string of the molecule is COc1cccc2c1CN(C1CC1)CC2. The van der Waals surface area contributed by atoms with Gasteiger partial charge in [-0.1, -0.05) is 12.1 Å². The minimum atomic E-state index is 0.864. The van der Waals surface area contributed by atoms with Crippen LogP contribution in [-0.2, 0) is 13.0 Å². The summed E-state index contributed by atoms with van der Waals surface area (Å²) in [6, 6.07) is 7.28. The molecule has 0 N–H and O–H groups in total. The van der Waals surface area contributed by atoms with Crippen LogP contribution < -0.4 is 4.74 Å². The van der Waals surface area contributed by atoms with Crippen molar-refractivity contribution in [3.05, 3.63) is 29.3 Å². The molecule has 15 heavy (non-hydrogen) atoms. The first-order chi connectivity index (χ1) is 7.38. The van der Waals surface area contributed by atoms with E-state index in [0.717, 1.165) is 18.3 Å². The minimum absolute atomic E-state index is 0.864. The Hall–Kier alpha value is -1.02. The molecule has 0 unspecified atom stereocenters. The third-order valence-corrected chi connectivity index (χ3v) is 3.54. The van der Waals surface area contributed by atoms with Crippen molar-refractivity contribution in [2.24, 2.45) is 0 Å². The van der Waals surface area contributed by atoms with Gasteiger partial charge in [-0.2, -0.15) is 0 Å². The molecule has 1 heterocycles. The van der Waals surface area contributed by atoms with E-state index in [-0.39, 0.29) is 0 Å². The number of hydrogen-bond donors (Lipinski definition) is 0. The van der Waals surface area contributed by atoms with Crippen LogP contribution in [0.4, 0.5) is 0 Å². The van der Waals surface area contributed by atoms with Crippen LogP contribution in [0.3, 0.4) is 0 Å². The number of hydrogen-bond acceptors (Lipinski definition) is 2. The van der Waals surface area contributed by atoms with Crippen molar-refractivity contribution in [1.29, 1.82) is 0 Å². The zero-order chi connectivity index (χ0) is 10.3. The lowest BCUT2D eigenvalue weighted by Crippen LogP contribution is -2.32. The molecule has 1 aliphatic heterocycles. The predicted octanol–water partition coefficient (Wildman–Crippen LogP) is 2.22. The van der Waals surface area contributed by atoms with E-state index in [1.807, 2.05) is 0 Å². The maximum absolute atomic E-state index is 5.43. The molecule has 0 bridgehead atoms. The third-order valence-electron chi connectivity index (χ3n) is 3.54. The average molecular weight is 203 g/mol. The fraction of sp³-hybridized carbons (Fsp3) is 0.538. The van der Waals surface area contributed by atoms with Gasteiger partial charge in [0.25, 0.3) is 0 Å². The Bertz CT molecular complexity index is 357. The average Bonchev–Trinajstić information content (AvgIpc) is 3.11. The molecule has 1 fully saturated rings. The molecular weight excluding hydrogens is 186 g/mol. The second-order valence-electron chi connectivity index (χ2n) is 4.55. The summed E-state index contributed by atoms with van der Waals surface area (Å²) in [7, 11) is 1.77. The summed E-state index contributed by atoms with van der Waals surface area (Å²) in [6.07, 6.45) is 3.97. The van der Waals surface area contributed by atoms with Crippen LogP contribution in [0, 0.1) is 0 Å². The standard InChI is InChI=1S/C13H17NO/c1-15-13-4-2-3-10-7-8-14(9-12(10)13)11-5-6-11/h2-4,11H,5-9H2,1H3. The van der Waals surface area contributed by atoms with E-state index < -0.39 is 0 Å². The lowest BCUT2D eigenvalue weighted by Gasteiger charge is -2.29. The first kappa shape index (κ1) is 9.22. The van der Waals surface area contributed by atoms with Crippen LogP contribution in [0.15, 0.2) is 18.2 Å². The monoisotopic (exact) mass is 203 g/mol. The molecule has 2 heteroatoms. The zero-order valence-corrected chi connectivity index (χ0v) is 9.20. The Labute approximate surface area is 90.8 Å². The third kappa shape index (κ3) is 1.63. The van der Waals surface area contributed by atoms with Crippen molar-refractivity contribution in [2.45, 2.75) is 31.8 Å². The highest BCUT2D eigenvalue weighted by Gasteiger charge is 2.31. The summed E-state index contributed by atoms with van der Waals surface area (Å²) in [4.78, 5) is 2.60. The molecule has 0 atom stereocenters. The van der Waals surface area contributed by atoms with Crippen LogP contribution in [0.1, 0.15) is 24.0 Å². The van der Waals surface area contributed by atoms with E-state index in [1.165, 1.54) is 36.9 Å². The Morgan fingerprint density at radius 1 is 1.33 bits per heavy atom. The molecule has 2 aliphatic rings. The highest BCUT2D eigenvalue weighted by Crippen LogP contribution is 2.34. The topological polar surface area (TPSA) is 12.5 Å². The second kappa shape index (κ2) is 3.53. The summed E-state index contributed by atoms with van der Waals surface area (Å²) in [5.74, 6) is 1.07. The fourth-order valence-electron chi connectivity index (χ4n) is 2.51. The van der Waals surface area contributed by atoms with Crippen LogP contribution in [0.2, 0.25) is 0 Å². The minimum Gasteiger partial charge on any atom is -0.496 e. The van der Waals surface area contributed by atoms with Crippen LogP contribution in [-0.4, -0.2) is 24.6 Å².